The minimum atomic E-state index is -0.281. The molecule has 0 radical (unpaired) electrons. The number of nitrogens with one attached hydrogen (secondary N) is 1. The molecule has 21 heavy (non-hydrogen) atoms. The fourth-order valence-electron chi connectivity index (χ4n) is 2.37. The van der Waals surface area contributed by atoms with Crippen LogP contribution >= 0.6 is 15.9 Å². The molecule has 3 N–H and O–H groups in total. The monoisotopic (exact) mass is 352 g/mol. The van der Waals surface area contributed by atoms with Gasteiger partial charge in [-0.2, -0.15) is 0 Å². The Morgan fingerprint density at radius 2 is 1.90 bits per heavy atom. The van der Waals surface area contributed by atoms with Crippen LogP contribution in [0, 0.1) is 5.82 Å². The highest BCUT2D eigenvalue weighted by Gasteiger charge is 2.23. The number of hydrogen-bond acceptors (Lipinski definition) is 3. The molecule has 5 heteroatoms. The van der Waals surface area contributed by atoms with Gasteiger partial charge in [-0.15, -0.1) is 0 Å². The van der Waals surface area contributed by atoms with Gasteiger partial charge < -0.3 is 4.74 Å². The lowest BCUT2D eigenvalue weighted by Crippen LogP contribution is -2.42. The molecule has 2 atom stereocenters. The number of hydrogen-bond donors (Lipinski definition) is 2. The quantitative estimate of drug-likeness (QED) is 0.619. The lowest BCUT2D eigenvalue weighted by Gasteiger charge is -2.26. The standard InChI is InChI=1S/C16H18BrFN2O/c1-21-16(11-6-3-2-4-7-11)14(20-19)10-12-8-5-9-13(18)15(12)17/h2-9,14,16,20H,10,19H2,1H3. The van der Waals surface area contributed by atoms with Crippen LogP contribution in [0.15, 0.2) is 53.0 Å². The molecule has 0 aliphatic heterocycles. The molecule has 2 aromatic rings. The molecule has 3 nitrogen and oxygen atoms in total. The van der Waals surface area contributed by atoms with Gasteiger partial charge in [0.15, 0.2) is 0 Å². The summed E-state index contributed by atoms with van der Waals surface area (Å²) in [4.78, 5) is 0. The minimum absolute atomic E-state index is 0.171. The Kier molecular flexibility index (Phi) is 5.87. The van der Waals surface area contributed by atoms with E-state index in [0.29, 0.717) is 10.9 Å². The zero-order valence-corrected chi connectivity index (χ0v) is 13.3. The van der Waals surface area contributed by atoms with Crippen LogP contribution in [0.25, 0.3) is 0 Å². The highest BCUT2D eigenvalue weighted by atomic mass is 79.9. The summed E-state index contributed by atoms with van der Waals surface area (Å²) >= 11 is 3.28. The lowest BCUT2D eigenvalue weighted by molar-refractivity contribution is 0.0678. The topological polar surface area (TPSA) is 47.3 Å². The fourth-order valence-corrected chi connectivity index (χ4v) is 2.80. The number of halogens is 2. The summed E-state index contributed by atoms with van der Waals surface area (Å²) in [5.74, 6) is 5.40. The first-order valence-corrected chi connectivity index (χ1v) is 7.43. The van der Waals surface area contributed by atoms with Crippen LogP contribution in [0.5, 0.6) is 0 Å². The predicted octanol–water partition coefficient (Wildman–Crippen LogP) is 3.35. The van der Waals surface area contributed by atoms with E-state index in [0.717, 1.165) is 11.1 Å². The summed E-state index contributed by atoms with van der Waals surface area (Å²) in [6, 6.07) is 14.6. The number of rotatable bonds is 6. The number of nitrogens with two attached hydrogens (primary N) is 1. The molecule has 2 unspecified atom stereocenters. The molecule has 0 spiro atoms. The van der Waals surface area contributed by atoms with E-state index in [-0.39, 0.29) is 18.0 Å². The largest absolute Gasteiger partial charge is 0.375 e. The maximum absolute atomic E-state index is 13.6. The van der Waals surface area contributed by atoms with Crippen LogP contribution in [-0.4, -0.2) is 13.2 Å². The van der Waals surface area contributed by atoms with Crippen molar-refractivity contribution in [3.05, 3.63) is 69.9 Å². The van der Waals surface area contributed by atoms with Crippen molar-refractivity contribution in [1.29, 1.82) is 0 Å². The third-order valence-corrected chi connectivity index (χ3v) is 4.32. The molecule has 0 aromatic heterocycles. The van der Waals surface area contributed by atoms with E-state index in [1.54, 1.807) is 13.2 Å². The normalized spacial score (nSPS) is 13.9. The van der Waals surface area contributed by atoms with Gasteiger partial charge in [-0.3, -0.25) is 11.3 Å². The summed E-state index contributed by atoms with van der Waals surface area (Å²) in [6.45, 7) is 0. The first-order valence-electron chi connectivity index (χ1n) is 6.64. The minimum Gasteiger partial charge on any atom is -0.375 e. The van der Waals surface area contributed by atoms with Crippen molar-refractivity contribution in [3.63, 3.8) is 0 Å². The van der Waals surface area contributed by atoms with Gasteiger partial charge >= 0.3 is 0 Å². The van der Waals surface area contributed by atoms with E-state index in [9.17, 15) is 4.39 Å². The average Bonchev–Trinajstić information content (AvgIpc) is 2.52. The Balaban J connectivity index is 2.24. The Bertz CT molecular complexity index is 580. The van der Waals surface area contributed by atoms with Gasteiger partial charge in [-0.25, -0.2) is 4.39 Å². The van der Waals surface area contributed by atoms with E-state index >= 15 is 0 Å². The van der Waals surface area contributed by atoms with E-state index in [1.165, 1.54) is 6.07 Å². The lowest BCUT2D eigenvalue weighted by atomic mass is 9.96. The summed E-state index contributed by atoms with van der Waals surface area (Å²) in [6.07, 6.45) is 0.328. The van der Waals surface area contributed by atoms with E-state index in [2.05, 4.69) is 21.4 Å². The third kappa shape index (κ3) is 3.89. The molecule has 0 saturated heterocycles. The van der Waals surface area contributed by atoms with Crippen molar-refractivity contribution < 1.29 is 9.13 Å². The maximum atomic E-state index is 13.6. The molecule has 0 heterocycles. The van der Waals surface area contributed by atoms with Crippen LogP contribution in [0.4, 0.5) is 4.39 Å². The molecule has 0 aliphatic carbocycles. The number of methoxy groups -OCH3 is 1. The van der Waals surface area contributed by atoms with E-state index in [4.69, 9.17) is 10.6 Å². The molecular formula is C16H18BrFN2O. The molecule has 0 saturated carbocycles. The Morgan fingerprint density at radius 1 is 1.19 bits per heavy atom. The van der Waals surface area contributed by atoms with Crippen molar-refractivity contribution in [2.24, 2.45) is 5.84 Å². The van der Waals surface area contributed by atoms with Gasteiger partial charge in [0.2, 0.25) is 0 Å². The first-order chi connectivity index (χ1) is 10.2. The van der Waals surface area contributed by atoms with Crippen molar-refractivity contribution >= 4 is 15.9 Å². The van der Waals surface area contributed by atoms with Gasteiger partial charge in [0.1, 0.15) is 5.82 Å². The van der Waals surface area contributed by atoms with Crippen LogP contribution in [0.2, 0.25) is 0 Å². The van der Waals surface area contributed by atoms with Crippen LogP contribution in [0.3, 0.4) is 0 Å². The molecular weight excluding hydrogens is 335 g/mol. The Hall–Kier alpha value is -1.27. The fraction of sp³-hybridized carbons (Fsp3) is 0.250. The summed E-state index contributed by atoms with van der Waals surface area (Å²) < 4.78 is 19.7. The summed E-state index contributed by atoms with van der Waals surface area (Å²) in [5.41, 5.74) is 4.65. The molecule has 0 fully saturated rings. The van der Waals surface area contributed by atoms with E-state index in [1.807, 2.05) is 36.4 Å². The highest BCUT2D eigenvalue weighted by molar-refractivity contribution is 9.10. The second-order valence-electron chi connectivity index (χ2n) is 4.76. The second kappa shape index (κ2) is 7.66. The van der Waals surface area contributed by atoms with Crippen LogP contribution in [0.1, 0.15) is 17.2 Å². The van der Waals surface area contributed by atoms with Gasteiger partial charge in [0, 0.05) is 7.11 Å². The van der Waals surface area contributed by atoms with Crippen molar-refractivity contribution in [2.75, 3.05) is 7.11 Å². The maximum Gasteiger partial charge on any atom is 0.137 e. The van der Waals surface area contributed by atoms with Gasteiger partial charge in [-0.1, -0.05) is 42.5 Å². The Labute approximate surface area is 132 Å². The van der Waals surface area contributed by atoms with Crippen LogP contribution < -0.4 is 11.3 Å². The molecule has 112 valence electrons. The van der Waals surface area contributed by atoms with Crippen LogP contribution in [-0.2, 0) is 11.2 Å². The van der Waals surface area contributed by atoms with Gasteiger partial charge in [0.05, 0.1) is 16.6 Å². The summed E-state index contributed by atoms with van der Waals surface area (Å²) in [5, 5.41) is 0. The van der Waals surface area contributed by atoms with Crippen molar-refractivity contribution in [3.8, 4) is 0 Å². The first kappa shape index (κ1) is 16.1. The van der Waals surface area contributed by atoms with Gasteiger partial charge in [0.25, 0.3) is 0 Å². The molecule has 0 aliphatic rings. The molecule has 0 amide bonds. The zero-order valence-electron chi connectivity index (χ0n) is 11.7. The average molecular weight is 353 g/mol. The van der Waals surface area contributed by atoms with Crippen molar-refractivity contribution in [1.82, 2.24) is 5.43 Å². The smallest absolute Gasteiger partial charge is 0.137 e. The molecule has 2 aromatic carbocycles. The zero-order chi connectivity index (χ0) is 15.2. The van der Waals surface area contributed by atoms with E-state index < -0.39 is 0 Å². The number of benzene rings is 2. The summed E-state index contributed by atoms with van der Waals surface area (Å²) in [7, 11) is 1.64. The van der Waals surface area contributed by atoms with Gasteiger partial charge in [-0.05, 0) is 39.5 Å². The second-order valence-corrected chi connectivity index (χ2v) is 5.55. The highest BCUT2D eigenvalue weighted by Crippen LogP contribution is 2.27. The predicted molar refractivity (Wildman–Crippen MR) is 85.1 cm³/mol. The third-order valence-electron chi connectivity index (χ3n) is 3.43. The molecule has 0 bridgehead atoms. The number of hydrazine groups is 1. The number of ether oxygens (including phenoxy) is 1. The SMILES string of the molecule is COC(c1ccccc1)C(Cc1cccc(F)c1Br)NN. The Morgan fingerprint density at radius 3 is 2.52 bits per heavy atom. The molecule has 2 rings (SSSR count). The van der Waals surface area contributed by atoms with Crippen molar-refractivity contribution in [2.45, 2.75) is 18.6 Å².